The van der Waals surface area contributed by atoms with Crippen LogP contribution >= 0.6 is 0 Å². The molecular formula is C12H11NO2. The molecule has 0 aliphatic heterocycles. The summed E-state index contributed by atoms with van der Waals surface area (Å²) in [5.74, 6) is -0.397. The Hall–Kier alpha value is -1.87. The molecular weight excluding hydrogens is 190 g/mol. The molecule has 2 aromatic rings. The Balaban J connectivity index is 2.46. The summed E-state index contributed by atoms with van der Waals surface area (Å²) in [6, 6.07) is 13.6. The van der Waals surface area contributed by atoms with E-state index in [1.54, 1.807) is 5.48 Å². The molecule has 15 heavy (non-hydrogen) atoms. The van der Waals surface area contributed by atoms with E-state index in [9.17, 15) is 4.79 Å². The van der Waals surface area contributed by atoms with Crippen molar-refractivity contribution in [3.8, 4) is 0 Å². The minimum Gasteiger partial charge on any atom is -0.289 e. The predicted octanol–water partition coefficient (Wildman–Crippen LogP) is 1.89. The van der Waals surface area contributed by atoms with E-state index in [0.29, 0.717) is 0 Å². The van der Waals surface area contributed by atoms with Gasteiger partial charge in [-0.3, -0.25) is 10.0 Å². The van der Waals surface area contributed by atoms with E-state index < -0.39 is 5.91 Å². The van der Waals surface area contributed by atoms with Crippen molar-refractivity contribution in [3.63, 3.8) is 0 Å². The highest BCUT2D eigenvalue weighted by Gasteiger charge is 2.04. The van der Waals surface area contributed by atoms with Crippen molar-refractivity contribution in [2.24, 2.45) is 0 Å². The van der Waals surface area contributed by atoms with Crippen molar-refractivity contribution in [2.45, 2.75) is 6.42 Å². The molecule has 2 rings (SSSR count). The van der Waals surface area contributed by atoms with Gasteiger partial charge in [0.25, 0.3) is 0 Å². The van der Waals surface area contributed by atoms with Gasteiger partial charge in [-0.25, -0.2) is 5.48 Å². The van der Waals surface area contributed by atoms with Gasteiger partial charge in [-0.1, -0.05) is 42.5 Å². The lowest BCUT2D eigenvalue weighted by Gasteiger charge is -2.04. The predicted molar refractivity (Wildman–Crippen MR) is 57.6 cm³/mol. The van der Waals surface area contributed by atoms with Crippen LogP contribution in [-0.2, 0) is 11.2 Å². The number of hydroxylamine groups is 1. The molecule has 2 aromatic carbocycles. The van der Waals surface area contributed by atoms with Gasteiger partial charge in [0.15, 0.2) is 0 Å². The van der Waals surface area contributed by atoms with E-state index in [1.807, 2.05) is 42.5 Å². The van der Waals surface area contributed by atoms with E-state index in [4.69, 9.17) is 5.21 Å². The number of carbonyl (C=O) groups is 1. The van der Waals surface area contributed by atoms with Crippen LogP contribution in [0.2, 0.25) is 0 Å². The van der Waals surface area contributed by atoms with Crippen molar-refractivity contribution in [3.05, 3.63) is 48.0 Å². The van der Waals surface area contributed by atoms with Crippen LogP contribution in [0.25, 0.3) is 10.8 Å². The van der Waals surface area contributed by atoms with E-state index >= 15 is 0 Å². The quantitative estimate of drug-likeness (QED) is 0.575. The molecule has 0 unspecified atom stereocenters. The van der Waals surface area contributed by atoms with Gasteiger partial charge in [-0.15, -0.1) is 0 Å². The number of nitrogens with one attached hydrogen (secondary N) is 1. The SMILES string of the molecule is O=C(Cc1cccc2ccccc12)NO. The Morgan fingerprint density at radius 2 is 1.87 bits per heavy atom. The maximum atomic E-state index is 11.1. The Kier molecular flexibility index (Phi) is 2.65. The monoisotopic (exact) mass is 201 g/mol. The van der Waals surface area contributed by atoms with Crippen LogP contribution in [0.15, 0.2) is 42.5 Å². The molecule has 0 bridgehead atoms. The second kappa shape index (κ2) is 4.11. The summed E-state index contributed by atoms with van der Waals surface area (Å²) in [6.45, 7) is 0. The Labute approximate surface area is 87.3 Å². The summed E-state index contributed by atoms with van der Waals surface area (Å²) >= 11 is 0. The van der Waals surface area contributed by atoms with Crippen LogP contribution in [0, 0.1) is 0 Å². The number of carbonyl (C=O) groups excluding carboxylic acids is 1. The van der Waals surface area contributed by atoms with Gasteiger partial charge in [-0.2, -0.15) is 0 Å². The highest BCUT2D eigenvalue weighted by atomic mass is 16.5. The summed E-state index contributed by atoms with van der Waals surface area (Å²) < 4.78 is 0. The third kappa shape index (κ3) is 1.97. The van der Waals surface area contributed by atoms with E-state index in [0.717, 1.165) is 16.3 Å². The molecule has 0 saturated heterocycles. The molecule has 2 N–H and O–H groups in total. The lowest BCUT2D eigenvalue weighted by atomic mass is 10.0. The Morgan fingerprint density at radius 1 is 1.13 bits per heavy atom. The fourth-order valence-corrected chi connectivity index (χ4v) is 1.66. The first kappa shape index (κ1) is 9.68. The second-order valence-electron chi connectivity index (χ2n) is 3.35. The molecule has 0 fully saturated rings. The Bertz CT molecular complexity index is 488. The molecule has 0 atom stereocenters. The number of benzene rings is 2. The van der Waals surface area contributed by atoms with E-state index in [1.165, 1.54) is 0 Å². The van der Waals surface area contributed by atoms with Crippen molar-refractivity contribution in [1.82, 2.24) is 5.48 Å². The number of hydrogen-bond acceptors (Lipinski definition) is 2. The van der Waals surface area contributed by atoms with Gasteiger partial charge in [0, 0.05) is 0 Å². The topological polar surface area (TPSA) is 49.3 Å². The van der Waals surface area contributed by atoms with Gasteiger partial charge >= 0.3 is 0 Å². The van der Waals surface area contributed by atoms with Crippen LogP contribution in [0.3, 0.4) is 0 Å². The summed E-state index contributed by atoms with van der Waals surface area (Å²) in [5, 5.41) is 10.6. The van der Waals surface area contributed by atoms with Gasteiger partial charge in [-0.05, 0) is 16.3 Å². The fourth-order valence-electron chi connectivity index (χ4n) is 1.66. The number of amides is 1. The highest BCUT2D eigenvalue weighted by molar-refractivity contribution is 5.89. The van der Waals surface area contributed by atoms with Crippen LogP contribution in [0.1, 0.15) is 5.56 Å². The molecule has 3 heteroatoms. The lowest BCUT2D eigenvalue weighted by Crippen LogP contribution is -2.20. The first-order chi connectivity index (χ1) is 7.31. The second-order valence-corrected chi connectivity index (χ2v) is 3.35. The minimum absolute atomic E-state index is 0.192. The third-order valence-electron chi connectivity index (χ3n) is 2.36. The smallest absolute Gasteiger partial charge is 0.247 e. The highest BCUT2D eigenvalue weighted by Crippen LogP contribution is 2.18. The number of fused-ring (bicyclic) bond motifs is 1. The van der Waals surface area contributed by atoms with Crippen LogP contribution in [0.5, 0.6) is 0 Å². The van der Waals surface area contributed by atoms with E-state index in [-0.39, 0.29) is 6.42 Å². The molecule has 76 valence electrons. The molecule has 0 aliphatic rings. The maximum absolute atomic E-state index is 11.1. The van der Waals surface area contributed by atoms with Gasteiger partial charge < -0.3 is 0 Å². The number of hydrogen-bond donors (Lipinski definition) is 2. The van der Waals surface area contributed by atoms with Gasteiger partial charge in [0.05, 0.1) is 6.42 Å². The molecule has 0 saturated carbocycles. The molecule has 3 nitrogen and oxygen atoms in total. The largest absolute Gasteiger partial charge is 0.289 e. The first-order valence-corrected chi connectivity index (χ1v) is 4.71. The van der Waals surface area contributed by atoms with Crippen molar-refractivity contribution in [1.29, 1.82) is 0 Å². The molecule has 0 aliphatic carbocycles. The summed E-state index contributed by atoms with van der Waals surface area (Å²) in [7, 11) is 0. The third-order valence-corrected chi connectivity index (χ3v) is 2.36. The lowest BCUT2D eigenvalue weighted by molar-refractivity contribution is -0.128. The van der Waals surface area contributed by atoms with Crippen molar-refractivity contribution < 1.29 is 10.0 Å². The molecule has 0 heterocycles. The van der Waals surface area contributed by atoms with Crippen LogP contribution in [-0.4, -0.2) is 11.1 Å². The molecule has 0 aromatic heterocycles. The van der Waals surface area contributed by atoms with Gasteiger partial charge in [0.1, 0.15) is 0 Å². The molecule has 0 radical (unpaired) electrons. The van der Waals surface area contributed by atoms with Gasteiger partial charge in [0.2, 0.25) is 5.91 Å². The first-order valence-electron chi connectivity index (χ1n) is 4.71. The summed E-state index contributed by atoms with van der Waals surface area (Å²) in [4.78, 5) is 11.1. The average molecular weight is 201 g/mol. The molecule has 1 amide bonds. The van der Waals surface area contributed by atoms with Crippen molar-refractivity contribution in [2.75, 3.05) is 0 Å². The molecule has 0 spiro atoms. The standard InChI is InChI=1S/C12H11NO2/c14-12(13-15)8-10-6-3-5-9-4-1-2-7-11(9)10/h1-7,15H,8H2,(H,13,14). The normalized spacial score (nSPS) is 10.2. The zero-order valence-electron chi connectivity index (χ0n) is 8.10. The fraction of sp³-hybridized carbons (Fsp3) is 0.0833. The zero-order chi connectivity index (χ0) is 10.7. The average Bonchev–Trinajstić information content (AvgIpc) is 2.29. The maximum Gasteiger partial charge on any atom is 0.247 e. The van der Waals surface area contributed by atoms with Crippen LogP contribution < -0.4 is 5.48 Å². The number of rotatable bonds is 2. The minimum atomic E-state index is -0.397. The van der Waals surface area contributed by atoms with Crippen molar-refractivity contribution >= 4 is 16.7 Å². The van der Waals surface area contributed by atoms with Crippen LogP contribution in [0.4, 0.5) is 0 Å². The summed E-state index contributed by atoms with van der Waals surface area (Å²) in [5.41, 5.74) is 2.56. The summed E-state index contributed by atoms with van der Waals surface area (Å²) in [6.07, 6.45) is 0.192. The van der Waals surface area contributed by atoms with E-state index in [2.05, 4.69) is 0 Å². The Morgan fingerprint density at radius 3 is 2.67 bits per heavy atom. The zero-order valence-corrected chi connectivity index (χ0v) is 8.10.